The zero-order chi connectivity index (χ0) is 18.7. The highest BCUT2D eigenvalue weighted by molar-refractivity contribution is 5.74. The van der Waals surface area contributed by atoms with Gasteiger partial charge in [-0.15, -0.1) is 0 Å². The topological polar surface area (TPSA) is 97.6 Å². The van der Waals surface area contributed by atoms with E-state index < -0.39 is 0 Å². The normalized spacial score (nSPS) is 21.0. The summed E-state index contributed by atoms with van der Waals surface area (Å²) in [6, 6.07) is -0.0934. The lowest BCUT2D eigenvalue weighted by Gasteiger charge is -2.33. The number of nitrogens with one attached hydrogen (secondary N) is 2. The molecular formula is C17H27N5O4. The maximum Gasteiger partial charge on any atom is 0.330 e. The third-order valence-electron chi connectivity index (χ3n) is 5.11. The van der Waals surface area contributed by atoms with Crippen LogP contribution in [0.1, 0.15) is 25.7 Å². The van der Waals surface area contributed by atoms with Gasteiger partial charge in [0.15, 0.2) is 0 Å². The number of nitrogens with zero attached hydrogens (tertiary/aromatic N) is 3. The molecule has 9 heteroatoms. The van der Waals surface area contributed by atoms with Crippen molar-refractivity contribution < 1.29 is 9.53 Å². The standard InChI is InChI=1S/C17H27N5O4/c1-20-11-14(15(23)21(2)17(20)25)22-7-5-12(6-8-22)19-16(24)18-10-13-4-3-9-26-13/h11-13H,3-10H2,1-2H3,(H2,18,19,24). The summed E-state index contributed by atoms with van der Waals surface area (Å²) >= 11 is 0. The first-order valence-corrected chi connectivity index (χ1v) is 9.13. The number of piperidine rings is 1. The average molecular weight is 365 g/mol. The molecule has 0 bridgehead atoms. The van der Waals surface area contributed by atoms with Crippen LogP contribution in [0.4, 0.5) is 10.5 Å². The molecule has 26 heavy (non-hydrogen) atoms. The van der Waals surface area contributed by atoms with Crippen LogP contribution < -0.4 is 26.8 Å². The van der Waals surface area contributed by atoms with Crippen molar-refractivity contribution in [3.05, 3.63) is 27.0 Å². The lowest BCUT2D eigenvalue weighted by molar-refractivity contribution is 0.111. The number of ether oxygens (including phenoxy) is 1. The van der Waals surface area contributed by atoms with Crippen LogP contribution in [-0.2, 0) is 18.8 Å². The van der Waals surface area contributed by atoms with Gasteiger partial charge in [-0.2, -0.15) is 0 Å². The maximum atomic E-state index is 12.3. The van der Waals surface area contributed by atoms with Crippen LogP contribution in [0, 0.1) is 0 Å². The molecule has 0 aliphatic carbocycles. The Hall–Kier alpha value is -2.29. The molecule has 2 aliphatic heterocycles. The molecule has 1 unspecified atom stereocenters. The lowest BCUT2D eigenvalue weighted by atomic mass is 10.0. The van der Waals surface area contributed by atoms with E-state index in [0.717, 1.165) is 36.9 Å². The van der Waals surface area contributed by atoms with Crippen molar-refractivity contribution >= 4 is 11.7 Å². The molecule has 2 fully saturated rings. The quantitative estimate of drug-likeness (QED) is 0.752. The predicted molar refractivity (Wildman–Crippen MR) is 97.7 cm³/mol. The Balaban J connectivity index is 1.50. The van der Waals surface area contributed by atoms with Crippen molar-refractivity contribution in [2.75, 3.05) is 31.1 Å². The molecular weight excluding hydrogens is 338 g/mol. The van der Waals surface area contributed by atoms with Gasteiger partial charge in [0.25, 0.3) is 5.56 Å². The summed E-state index contributed by atoms with van der Waals surface area (Å²) in [5.41, 5.74) is -0.0945. The molecule has 0 aromatic carbocycles. The molecule has 0 spiro atoms. The molecule has 0 saturated carbocycles. The fraction of sp³-hybridized carbons (Fsp3) is 0.706. The van der Waals surface area contributed by atoms with Crippen LogP contribution in [0.15, 0.2) is 15.8 Å². The number of rotatable bonds is 4. The van der Waals surface area contributed by atoms with E-state index in [1.807, 2.05) is 4.90 Å². The second kappa shape index (κ2) is 7.94. The van der Waals surface area contributed by atoms with Gasteiger partial charge in [0.2, 0.25) is 0 Å². The van der Waals surface area contributed by atoms with Gasteiger partial charge in [-0.25, -0.2) is 9.59 Å². The zero-order valence-electron chi connectivity index (χ0n) is 15.4. The molecule has 2 N–H and O–H groups in total. The van der Waals surface area contributed by atoms with Crippen molar-refractivity contribution in [3.8, 4) is 0 Å². The van der Waals surface area contributed by atoms with E-state index in [0.29, 0.717) is 25.3 Å². The van der Waals surface area contributed by atoms with Crippen molar-refractivity contribution in [2.24, 2.45) is 14.1 Å². The monoisotopic (exact) mass is 365 g/mol. The summed E-state index contributed by atoms with van der Waals surface area (Å²) in [7, 11) is 3.12. The van der Waals surface area contributed by atoms with Crippen LogP contribution in [-0.4, -0.2) is 53.6 Å². The molecule has 9 nitrogen and oxygen atoms in total. The van der Waals surface area contributed by atoms with Crippen molar-refractivity contribution in [1.82, 2.24) is 19.8 Å². The highest BCUT2D eigenvalue weighted by Gasteiger charge is 2.24. The Kier molecular flexibility index (Phi) is 5.65. The number of urea groups is 1. The van der Waals surface area contributed by atoms with Gasteiger partial charge >= 0.3 is 11.7 Å². The number of hydrogen-bond donors (Lipinski definition) is 2. The van der Waals surface area contributed by atoms with E-state index in [9.17, 15) is 14.4 Å². The lowest BCUT2D eigenvalue weighted by Crippen LogP contribution is -2.50. The maximum absolute atomic E-state index is 12.3. The van der Waals surface area contributed by atoms with E-state index in [1.54, 1.807) is 13.2 Å². The predicted octanol–water partition coefficient (Wildman–Crippen LogP) is -0.469. The molecule has 1 atom stereocenters. The summed E-state index contributed by atoms with van der Waals surface area (Å²) < 4.78 is 8.03. The average Bonchev–Trinajstić information content (AvgIpc) is 3.16. The highest BCUT2D eigenvalue weighted by Crippen LogP contribution is 2.16. The Bertz CT molecular complexity index is 757. The molecule has 3 heterocycles. The zero-order valence-corrected chi connectivity index (χ0v) is 15.4. The van der Waals surface area contributed by atoms with Gasteiger partial charge in [-0.05, 0) is 25.7 Å². The first-order valence-electron chi connectivity index (χ1n) is 9.13. The highest BCUT2D eigenvalue weighted by atomic mass is 16.5. The largest absolute Gasteiger partial charge is 0.376 e. The van der Waals surface area contributed by atoms with Gasteiger partial charge in [0.1, 0.15) is 5.69 Å². The minimum atomic E-state index is -0.335. The van der Waals surface area contributed by atoms with Gasteiger partial charge in [0.05, 0.1) is 6.10 Å². The fourth-order valence-electron chi connectivity index (χ4n) is 3.52. The minimum Gasteiger partial charge on any atom is -0.376 e. The number of hydrogen-bond acceptors (Lipinski definition) is 5. The van der Waals surface area contributed by atoms with Crippen molar-refractivity contribution in [2.45, 2.75) is 37.8 Å². The molecule has 0 radical (unpaired) electrons. The van der Waals surface area contributed by atoms with E-state index in [-0.39, 0.29) is 29.4 Å². The van der Waals surface area contributed by atoms with Gasteiger partial charge < -0.3 is 24.8 Å². The van der Waals surface area contributed by atoms with Crippen LogP contribution in [0.5, 0.6) is 0 Å². The Morgan fingerprint density at radius 3 is 2.62 bits per heavy atom. The van der Waals surface area contributed by atoms with E-state index in [2.05, 4.69) is 10.6 Å². The Morgan fingerprint density at radius 2 is 1.96 bits per heavy atom. The Morgan fingerprint density at radius 1 is 1.23 bits per heavy atom. The van der Waals surface area contributed by atoms with E-state index in [4.69, 9.17) is 4.74 Å². The summed E-state index contributed by atoms with van der Waals surface area (Å²) in [4.78, 5) is 38.1. The summed E-state index contributed by atoms with van der Waals surface area (Å²) in [6.45, 7) is 2.63. The first-order chi connectivity index (χ1) is 12.5. The summed E-state index contributed by atoms with van der Waals surface area (Å²) in [5, 5.41) is 5.86. The van der Waals surface area contributed by atoms with Crippen LogP contribution in [0.3, 0.4) is 0 Å². The molecule has 144 valence electrons. The molecule has 1 aromatic rings. The number of aryl methyl sites for hydroxylation is 1. The number of amides is 2. The van der Waals surface area contributed by atoms with Crippen LogP contribution >= 0.6 is 0 Å². The third-order valence-corrected chi connectivity index (χ3v) is 5.11. The summed E-state index contributed by atoms with van der Waals surface area (Å²) in [6.07, 6.45) is 5.26. The van der Waals surface area contributed by atoms with Gasteiger partial charge in [-0.1, -0.05) is 0 Å². The summed E-state index contributed by atoms with van der Waals surface area (Å²) in [5.74, 6) is 0. The number of carbonyl (C=O) groups excluding carboxylic acids is 1. The Labute approximate surface area is 151 Å². The van der Waals surface area contributed by atoms with Crippen LogP contribution in [0.25, 0.3) is 0 Å². The third kappa shape index (κ3) is 4.09. The number of carbonyl (C=O) groups is 1. The van der Waals surface area contributed by atoms with Crippen LogP contribution in [0.2, 0.25) is 0 Å². The minimum absolute atomic E-state index is 0.0760. The molecule has 3 rings (SSSR count). The second-order valence-corrected chi connectivity index (χ2v) is 7.02. The van der Waals surface area contributed by atoms with Gasteiger partial charge in [-0.3, -0.25) is 9.36 Å². The number of anilines is 1. The van der Waals surface area contributed by atoms with E-state index in [1.165, 1.54) is 11.6 Å². The fourth-order valence-corrected chi connectivity index (χ4v) is 3.52. The van der Waals surface area contributed by atoms with Crippen molar-refractivity contribution in [3.63, 3.8) is 0 Å². The number of aromatic nitrogens is 2. The molecule has 2 aliphatic rings. The first kappa shape index (κ1) is 18.5. The van der Waals surface area contributed by atoms with E-state index >= 15 is 0 Å². The smallest absolute Gasteiger partial charge is 0.330 e. The second-order valence-electron chi connectivity index (χ2n) is 7.02. The molecule has 2 saturated heterocycles. The molecule has 1 aromatic heterocycles. The van der Waals surface area contributed by atoms with Gasteiger partial charge in [0, 0.05) is 52.6 Å². The molecule has 2 amide bonds. The van der Waals surface area contributed by atoms with Crippen molar-refractivity contribution in [1.29, 1.82) is 0 Å². The SMILES string of the molecule is Cn1cc(N2CCC(NC(=O)NCC3CCCO3)CC2)c(=O)n(C)c1=O.